The van der Waals surface area contributed by atoms with Gasteiger partial charge in [0, 0.05) is 36.1 Å². The Hall–Kier alpha value is -4.39. The number of amides is 1. The highest BCUT2D eigenvalue weighted by Crippen LogP contribution is 2.24. The van der Waals surface area contributed by atoms with Gasteiger partial charge in [-0.1, -0.05) is 30.3 Å². The number of ether oxygens (including phenoxy) is 3. The maximum atomic E-state index is 12.6. The summed E-state index contributed by atoms with van der Waals surface area (Å²) in [6, 6.07) is 22.3. The van der Waals surface area contributed by atoms with Crippen LogP contribution in [0.15, 0.2) is 85.2 Å². The van der Waals surface area contributed by atoms with Crippen LogP contribution in [0.2, 0.25) is 0 Å². The van der Waals surface area contributed by atoms with Crippen LogP contribution in [0.5, 0.6) is 23.3 Å². The molecule has 0 spiro atoms. The smallest absolute Gasteiger partial charge is 0.321 e. The molecule has 0 saturated heterocycles. The molecule has 4 aromatic rings. The second kappa shape index (κ2) is 10.3. The predicted molar refractivity (Wildman–Crippen MR) is 125 cm³/mol. The zero-order chi connectivity index (χ0) is 23.0. The minimum absolute atomic E-state index is 0.161. The lowest BCUT2D eigenvalue weighted by molar-refractivity contribution is 0.0951. The largest absolute Gasteiger partial charge is 0.497 e. The van der Waals surface area contributed by atoms with Gasteiger partial charge >= 0.3 is 6.01 Å². The monoisotopic (exact) mass is 441 g/mol. The van der Waals surface area contributed by atoms with Gasteiger partial charge in [0.15, 0.2) is 0 Å². The summed E-state index contributed by atoms with van der Waals surface area (Å²) < 4.78 is 16.0. The molecule has 0 bridgehead atoms. The SMILES string of the molecule is COc1ccc(CNC(=O)c2cccc(-c3cnc(Oc4cccc(OC)c4)nc3)c2)cc1. The summed E-state index contributed by atoms with van der Waals surface area (Å²) in [4.78, 5) is 21.2. The van der Waals surface area contributed by atoms with Gasteiger partial charge in [0.2, 0.25) is 0 Å². The van der Waals surface area contributed by atoms with Crippen LogP contribution in [-0.2, 0) is 6.54 Å². The lowest BCUT2D eigenvalue weighted by atomic mass is 10.1. The van der Waals surface area contributed by atoms with Gasteiger partial charge in [-0.05, 0) is 47.5 Å². The van der Waals surface area contributed by atoms with Crippen molar-refractivity contribution in [3.8, 4) is 34.4 Å². The minimum Gasteiger partial charge on any atom is -0.497 e. The fourth-order valence-corrected chi connectivity index (χ4v) is 3.16. The third kappa shape index (κ3) is 5.65. The van der Waals surface area contributed by atoms with Crippen LogP contribution in [0.3, 0.4) is 0 Å². The van der Waals surface area contributed by atoms with Crippen LogP contribution >= 0.6 is 0 Å². The van der Waals surface area contributed by atoms with E-state index in [4.69, 9.17) is 14.2 Å². The van der Waals surface area contributed by atoms with Crippen molar-refractivity contribution in [3.05, 3.63) is 96.3 Å². The molecule has 1 amide bonds. The molecule has 1 aromatic heterocycles. The van der Waals surface area contributed by atoms with Crippen LogP contribution in [0.25, 0.3) is 11.1 Å². The molecule has 7 nitrogen and oxygen atoms in total. The van der Waals surface area contributed by atoms with Crippen molar-refractivity contribution in [2.45, 2.75) is 6.54 Å². The Balaban J connectivity index is 1.41. The normalized spacial score (nSPS) is 10.4. The number of nitrogens with zero attached hydrogens (tertiary/aromatic N) is 2. The molecule has 1 N–H and O–H groups in total. The summed E-state index contributed by atoms with van der Waals surface area (Å²) in [6.45, 7) is 0.423. The number of hydrogen-bond donors (Lipinski definition) is 1. The van der Waals surface area contributed by atoms with Crippen molar-refractivity contribution in [3.63, 3.8) is 0 Å². The molecule has 0 aliphatic heterocycles. The third-order valence-corrected chi connectivity index (χ3v) is 4.95. The number of hydrogen-bond acceptors (Lipinski definition) is 6. The Kier molecular flexibility index (Phi) is 6.80. The van der Waals surface area contributed by atoms with Crippen molar-refractivity contribution in [1.29, 1.82) is 0 Å². The second-order valence-electron chi connectivity index (χ2n) is 7.15. The molecule has 3 aromatic carbocycles. The van der Waals surface area contributed by atoms with Crippen LogP contribution in [0, 0.1) is 0 Å². The van der Waals surface area contributed by atoms with Crippen LogP contribution in [0.1, 0.15) is 15.9 Å². The van der Waals surface area contributed by atoms with Gasteiger partial charge in [-0.25, -0.2) is 9.97 Å². The van der Waals surface area contributed by atoms with Crippen molar-refractivity contribution in [2.24, 2.45) is 0 Å². The van der Waals surface area contributed by atoms with E-state index in [1.54, 1.807) is 44.8 Å². The van der Waals surface area contributed by atoms with E-state index in [2.05, 4.69) is 15.3 Å². The van der Waals surface area contributed by atoms with E-state index in [-0.39, 0.29) is 11.9 Å². The van der Waals surface area contributed by atoms with Gasteiger partial charge in [-0.3, -0.25) is 4.79 Å². The van der Waals surface area contributed by atoms with Crippen LogP contribution in [0.4, 0.5) is 0 Å². The number of methoxy groups -OCH3 is 2. The Morgan fingerprint density at radius 1 is 0.788 bits per heavy atom. The highest BCUT2D eigenvalue weighted by atomic mass is 16.5. The van der Waals surface area contributed by atoms with Gasteiger partial charge in [-0.2, -0.15) is 0 Å². The third-order valence-electron chi connectivity index (χ3n) is 4.95. The van der Waals surface area contributed by atoms with Gasteiger partial charge in [0.1, 0.15) is 17.2 Å². The lowest BCUT2D eigenvalue weighted by Crippen LogP contribution is -2.22. The van der Waals surface area contributed by atoms with Gasteiger partial charge in [-0.15, -0.1) is 0 Å². The quantitative estimate of drug-likeness (QED) is 0.420. The van der Waals surface area contributed by atoms with Crippen molar-refractivity contribution < 1.29 is 19.0 Å². The molecule has 0 atom stereocenters. The first-order valence-electron chi connectivity index (χ1n) is 10.3. The Morgan fingerprint density at radius 3 is 2.21 bits per heavy atom. The highest BCUT2D eigenvalue weighted by molar-refractivity contribution is 5.95. The van der Waals surface area contributed by atoms with Gasteiger partial charge in [0.25, 0.3) is 5.91 Å². The predicted octanol–water partition coefficient (Wildman–Crippen LogP) is 4.88. The first-order valence-corrected chi connectivity index (χ1v) is 10.3. The first kappa shape index (κ1) is 21.8. The number of carbonyl (C=O) groups excluding carboxylic acids is 1. The summed E-state index contributed by atoms with van der Waals surface area (Å²) in [5.41, 5.74) is 3.15. The van der Waals surface area contributed by atoms with E-state index in [0.717, 1.165) is 22.4 Å². The molecule has 0 saturated carbocycles. The maximum Gasteiger partial charge on any atom is 0.321 e. The number of benzene rings is 3. The summed E-state index contributed by atoms with van der Waals surface area (Å²) in [5, 5.41) is 2.94. The summed E-state index contributed by atoms with van der Waals surface area (Å²) in [6.07, 6.45) is 3.33. The van der Waals surface area contributed by atoms with E-state index in [1.807, 2.05) is 54.6 Å². The van der Waals surface area contributed by atoms with Gasteiger partial charge in [0.05, 0.1) is 14.2 Å². The molecule has 166 valence electrons. The standard InChI is InChI=1S/C26H23N3O4/c1-31-22-11-9-18(10-12-22)15-27-25(30)20-6-3-5-19(13-20)21-16-28-26(29-17-21)33-24-8-4-7-23(14-24)32-2/h3-14,16-17H,15H2,1-2H3,(H,27,30). The average molecular weight is 441 g/mol. The molecule has 0 aliphatic carbocycles. The summed E-state index contributed by atoms with van der Waals surface area (Å²) >= 11 is 0. The molecule has 1 heterocycles. The van der Waals surface area contributed by atoms with Crippen molar-refractivity contribution >= 4 is 5.91 Å². The molecule has 33 heavy (non-hydrogen) atoms. The zero-order valence-electron chi connectivity index (χ0n) is 18.3. The molecular formula is C26H23N3O4. The molecule has 0 aliphatic rings. The van der Waals surface area contributed by atoms with Crippen molar-refractivity contribution in [2.75, 3.05) is 14.2 Å². The Morgan fingerprint density at radius 2 is 1.48 bits per heavy atom. The number of carbonyl (C=O) groups is 1. The van der Waals surface area contributed by atoms with E-state index >= 15 is 0 Å². The molecule has 7 heteroatoms. The molecule has 0 radical (unpaired) electrons. The summed E-state index contributed by atoms with van der Waals surface area (Å²) in [5.74, 6) is 1.88. The molecule has 4 rings (SSSR count). The molecule has 0 unspecified atom stereocenters. The molecular weight excluding hydrogens is 418 g/mol. The fraction of sp³-hybridized carbons (Fsp3) is 0.115. The number of aromatic nitrogens is 2. The Bertz CT molecular complexity index is 1230. The number of rotatable bonds is 8. The van der Waals surface area contributed by atoms with E-state index in [0.29, 0.717) is 23.6 Å². The average Bonchev–Trinajstić information content (AvgIpc) is 2.88. The minimum atomic E-state index is -0.161. The van der Waals surface area contributed by atoms with Crippen LogP contribution in [-0.4, -0.2) is 30.1 Å². The lowest BCUT2D eigenvalue weighted by Gasteiger charge is -2.09. The van der Waals surface area contributed by atoms with E-state index in [9.17, 15) is 4.79 Å². The first-order chi connectivity index (χ1) is 16.1. The van der Waals surface area contributed by atoms with Crippen LogP contribution < -0.4 is 19.5 Å². The zero-order valence-corrected chi connectivity index (χ0v) is 18.3. The second-order valence-corrected chi connectivity index (χ2v) is 7.15. The maximum absolute atomic E-state index is 12.6. The fourth-order valence-electron chi connectivity index (χ4n) is 3.16. The number of nitrogens with one attached hydrogen (secondary N) is 1. The van der Waals surface area contributed by atoms with Gasteiger partial charge < -0.3 is 19.5 Å². The van der Waals surface area contributed by atoms with E-state index < -0.39 is 0 Å². The molecule has 0 fully saturated rings. The summed E-state index contributed by atoms with van der Waals surface area (Å²) in [7, 11) is 3.22. The topological polar surface area (TPSA) is 82.6 Å². The highest BCUT2D eigenvalue weighted by Gasteiger charge is 2.09. The van der Waals surface area contributed by atoms with Crippen molar-refractivity contribution in [1.82, 2.24) is 15.3 Å². The van der Waals surface area contributed by atoms with E-state index in [1.165, 1.54) is 0 Å². The Labute approximate surface area is 192 Å².